The van der Waals surface area contributed by atoms with Crippen molar-refractivity contribution in [2.24, 2.45) is 0 Å². The number of anilines is 1. The molecule has 0 radical (unpaired) electrons. The third-order valence-electron chi connectivity index (χ3n) is 1.62. The molecule has 1 rings (SSSR count). The lowest BCUT2D eigenvalue weighted by atomic mass is 10.2. The van der Waals surface area contributed by atoms with Crippen LogP contribution >= 0.6 is 0 Å². The molecule has 0 heterocycles. The van der Waals surface area contributed by atoms with E-state index in [1.807, 2.05) is 0 Å². The summed E-state index contributed by atoms with van der Waals surface area (Å²) in [5, 5.41) is 10.6. The van der Waals surface area contributed by atoms with E-state index in [1.54, 1.807) is 0 Å². The lowest BCUT2D eigenvalue weighted by Gasteiger charge is -2.04. The number of benzene rings is 1. The van der Waals surface area contributed by atoms with Crippen molar-refractivity contribution < 1.29 is 13.6 Å². The Bertz CT molecular complexity index is 463. The zero-order valence-corrected chi connectivity index (χ0v) is 7.55. The number of halogens is 2. The van der Waals surface area contributed by atoms with E-state index in [2.05, 4.69) is 11.9 Å². The third-order valence-corrected chi connectivity index (χ3v) is 1.62. The minimum Gasteiger partial charge on any atom is -0.320 e. The second-order valence-corrected chi connectivity index (χ2v) is 2.62. The molecule has 5 heteroatoms. The van der Waals surface area contributed by atoms with E-state index >= 15 is 0 Å². The molecule has 1 aromatic carbocycles. The molecule has 0 aromatic heterocycles. The summed E-state index contributed by atoms with van der Waals surface area (Å²) in [4.78, 5) is 10.8. The van der Waals surface area contributed by atoms with Crippen LogP contribution in [0.3, 0.4) is 0 Å². The average Bonchev–Trinajstić information content (AvgIpc) is 2.21. The predicted octanol–water partition coefficient (Wildman–Crippen LogP) is 1.96. The molecule has 15 heavy (non-hydrogen) atoms. The number of rotatable bonds is 2. The van der Waals surface area contributed by atoms with Gasteiger partial charge in [-0.3, -0.25) is 4.79 Å². The maximum Gasteiger partial charge on any atom is 0.247 e. The quantitative estimate of drug-likeness (QED) is 0.755. The van der Waals surface area contributed by atoms with Crippen LogP contribution in [-0.4, -0.2) is 5.91 Å². The number of nitrogens with zero attached hydrogens (tertiary/aromatic N) is 1. The first-order valence-corrected chi connectivity index (χ1v) is 3.91. The highest BCUT2D eigenvalue weighted by molar-refractivity contribution is 5.99. The number of hydrogen-bond acceptors (Lipinski definition) is 2. The van der Waals surface area contributed by atoms with Crippen LogP contribution in [0.5, 0.6) is 0 Å². The molecular formula is C10H6F2N2O. The van der Waals surface area contributed by atoms with E-state index in [-0.39, 0.29) is 11.3 Å². The standard InChI is InChI=1S/C10H6F2N2O/c1-2-10(15)14-9-3-6(5-13)7(11)4-8(9)12/h2-4H,1H2,(H,14,15). The van der Waals surface area contributed by atoms with Crippen molar-refractivity contribution >= 4 is 11.6 Å². The number of hydrogen-bond donors (Lipinski definition) is 1. The molecule has 76 valence electrons. The fourth-order valence-electron chi connectivity index (χ4n) is 0.914. The van der Waals surface area contributed by atoms with Crippen LogP contribution in [0.4, 0.5) is 14.5 Å². The zero-order valence-electron chi connectivity index (χ0n) is 7.55. The summed E-state index contributed by atoms with van der Waals surface area (Å²) in [6, 6.07) is 3.00. The van der Waals surface area contributed by atoms with Gasteiger partial charge in [-0.2, -0.15) is 5.26 Å². The van der Waals surface area contributed by atoms with Crippen LogP contribution in [0.25, 0.3) is 0 Å². The molecule has 0 aliphatic carbocycles. The summed E-state index contributed by atoms with van der Waals surface area (Å²) < 4.78 is 25.9. The van der Waals surface area contributed by atoms with Crippen molar-refractivity contribution in [2.45, 2.75) is 0 Å². The van der Waals surface area contributed by atoms with Crippen LogP contribution in [0, 0.1) is 23.0 Å². The highest BCUT2D eigenvalue weighted by atomic mass is 19.1. The van der Waals surface area contributed by atoms with Gasteiger partial charge in [0, 0.05) is 6.07 Å². The smallest absolute Gasteiger partial charge is 0.247 e. The summed E-state index contributed by atoms with van der Waals surface area (Å²) in [7, 11) is 0. The monoisotopic (exact) mass is 208 g/mol. The first kappa shape index (κ1) is 10.9. The van der Waals surface area contributed by atoms with Crippen LogP contribution in [0.15, 0.2) is 24.8 Å². The molecule has 0 bridgehead atoms. The van der Waals surface area contributed by atoms with Crippen molar-refractivity contribution in [3.63, 3.8) is 0 Å². The molecule has 0 saturated carbocycles. The molecular weight excluding hydrogens is 202 g/mol. The molecule has 1 amide bonds. The maximum atomic E-state index is 13.1. The van der Waals surface area contributed by atoms with Crippen LogP contribution in [-0.2, 0) is 4.79 Å². The first-order valence-electron chi connectivity index (χ1n) is 3.91. The number of nitrogens with one attached hydrogen (secondary N) is 1. The van der Waals surface area contributed by atoms with E-state index in [1.165, 1.54) is 6.07 Å². The van der Waals surface area contributed by atoms with Crippen molar-refractivity contribution in [3.05, 3.63) is 42.0 Å². The fraction of sp³-hybridized carbons (Fsp3) is 0. The normalized spacial score (nSPS) is 9.13. The Morgan fingerprint density at radius 3 is 2.67 bits per heavy atom. The Morgan fingerprint density at radius 1 is 1.47 bits per heavy atom. The van der Waals surface area contributed by atoms with Crippen molar-refractivity contribution in [3.8, 4) is 6.07 Å². The highest BCUT2D eigenvalue weighted by Crippen LogP contribution is 2.18. The third kappa shape index (κ3) is 2.38. The molecule has 0 saturated heterocycles. The van der Waals surface area contributed by atoms with Crippen LogP contribution in [0.2, 0.25) is 0 Å². The summed E-state index contributed by atoms with van der Waals surface area (Å²) in [5.74, 6) is -2.54. The van der Waals surface area contributed by atoms with Gasteiger partial charge in [0.25, 0.3) is 0 Å². The summed E-state index contributed by atoms with van der Waals surface area (Å²) in [6.07, 6.45) is 0.939. The van der Waals surface area contributed by atoms with E-state index in [4.69, 9.17) is 5.26 Å². The minimum absolute atomic E-state index is 0.252. The van der Waals surface area contributed by atoms with Crippen molar-refractivity contribution in [2.75, 3.05) is 5.32 Å². The van der Waals surface area contributed by atoms with Crippen molar-refractivity contribution in [1.29, 1.82) is 5.26 Å². The second kappa shape index (κ2) is 4.33. The van der Waals surface area contributed by atoms with Gasteiger partial charge in [-0.25, -0.2) is 8.78 Å². The zero-order chi connectivity index (χ0) is 11.4. The lowest BCUT2D eigenvalue weighted by Crippen LogP contribution is -2.09. The summed E-state index contributed by atoms with van der Waals surface area (Å²) >= 11 is 0. The number of carbonyl (C=O) groups excluding carboxylic acids is 1. The van der Waals surface area contributed by atoms with Crippen molar-refractivity contribution in [1.82, 2.24) is 0 Å². The Hall–Kier alpha value is -2.22. The Kier molecular flexibility index (Phi) is 3.13. The molecule has 0 fully saturated rings. The molecule has 1 N–H and O–H groups in total. The molecule has 0 aliphatic heterocycles. The van der Waals surface area contributed by atoms with Gasteiger partial charge >= 0.3 is 0 Å². The average molecular weight is 208 g/mol. The second-order valence-electron chi connectivity index (χ2n) is 2.62. The van der Waals surface area contributed by atoms with Gasteiger partial charge in [-0.15, -0.1) is 0 Å². The Balaban J connectivity index is 3.14. The van der Waals surface area contributed by atoms with E-state index in [0.29, 0.717) is 6.07 Å². The molecule has 0 aliphatic rings. The van der Waals surface area contributed by atoms with Crippen LogP contribution < -0.4 is 5.32 Å². The maximum absolute atomic E-state index is 13.1. The van der Waals surface area contributed by atoms with E-state index < -0.39 is 17.5 Å². The van der Waals surface area contributed by atoms with Gasteiger partial charge in [-0.05, 0) is 12.1 Å². The van der Waals surface area contributed by atoms with Crippen LogP contribution in [0.1, 0.15) is 5.56 Å². The molecule has 0 atom stereocenters. The summed E-state index contributed by atoms with van der Waals surface area (Å²) in [5.41, 5.74) is -0.589. The molecule has 0 spiro atoms. The number of carbonyl (C=O) groups is 1. The van der Waals surface area contributed by atoms with Gasteiger partial charge in [0.15, 0.2) is 0 Å². The van der Waals surface area contributed by atoms with Gasteiger partial charge in [0.1, 0.15) is 17.7 Å². The van der Waals surface area contributed by atoms with Gasteiger partial charge in [-0.1, -0.05) is 6.58 Å². The first-order chi connectivity index (χ1) is 7.08. The SMILES string of the molecule is C=CC(=O)Nc1cc(C#N)c(F)cc1F. The molecule has 0 unspecified atom stereocenters. The van der Waals surface area contributed by atoms with Gasteiger partial charge in [0.05, 0.1) is 11.3 Å². The minimum atomic E-state index is -0.966. The Labute approximate surface area is 84.6 Å². The van der Waals surface area contributed by atoms with Gasteiger partial charge < -0.3 is 5.32 Å². The molecule has 3 nitrogen and oxygen atoms in total. The number of amides is 1. The summed E-state index contributed by atoms with van der Waals surface area (Å²) in [6.45, 7) is 3.17. The lowest BCUT2D eigenvalue weighted by molar-refractivity contribution is -0.111. The highest BCUT2D eigenvalue weighted by Gasteiger charge is 2.10. The molecule has 1 aromatic rings. The topological polar surface area (TPSA) is 52.9 Å². The van der Waals surface area contributed by atoms with E-state index in [9.17, 15) is 13.6 Å². The predicted molar refractivity (Wildman–Crippen MR) is 49.9 cm³/mol. The number of nitriles is 1. The largest absolute Gasteiger partial charge is 0.320 e. The Morgan fingerprint density at radius 2 is 2.13 bits per heavy atom. The van der Waals surface area contributed by atoms with Gasteiger partial charge in [0.2, 0.25) is 5.91 Å². The van der Waals surface area contributed by atoms with E-state index in [0.717, 1.165) is 12.1 Å². The fourth-order valence-corrected chi connectivity index (χ4v) is 0.914.